The Bertz CT molecular complexity index is 2080. The van der Waals surface area contributed by atoms with Crippen LogP contribution in [0.1, 0.15) is 51.7 Å². The van der Waals surface area contributed by atoms with E-state index in [0.29, 0.717) is 22.5 Å². The predicted molar refractivity (Wildman–Crippen MR) is 253 cm³/mol. The van der Waals surface area contributed by atoms with Gasteiger partial charge < -0.3 is 46.9 Å². The van der Waals surface area contributed by atoms with Gasteiger partial charge in [0, 0.05) is 33.2 Å². The number of hydrogen-bond acceptors (Lipinski definition) is 9. The molecule has 4 aromatic rings. The maximum Gasteiger partial charge on any atom is 0.252 e. The zero-order valence-corrected chi connectivity index (χ0v) is 39.7. The number of amides is 6. The fraction of sp³-hybridized carbons (Fsp3) is 0.375. The summed E-state index contributed by atoms with van der Waals surface area (Å²) in [5.41, 5.74) is 2.37. The van der Waals surface area contributed by atoms with Gasteiger partial charge in [0.1, 0.15) is 36.4 Å². The van der Waals surface area contributed by atoms with Crippen molar-refractivity contribution in [3.8, 4) is 0 Å². The van der Waals surface area contributed by atoms with Crippen molar-refractivity contribution in [2.75, 3.05) is 10.6 Å². The first-order chi connectivity index (χ1) is 31.0. The number of aliphatic hydroxyl groups excluding tert-OH is 2. The van der Waals surface area contributed by atoms with Gasteiger partial charge in [-0.05, 0) is 84.3 Å². The molecule has 8 N–H and O–H groups in total. The molecule has 0 aromatic heterocycles. The van der Waals surface area contributed by atoms with Crippen molar-refractivity contribution >= 4 is 78.7 Å². The van der Waals surface area contributed by atoms with Crippen molar-refractivity contribution in [1.29, 1.82) is 0 Å². The molecule has 5 rings (SSSR count). The van der Waals surface area contributed by atoms with Crippen LogP contribution in [0.2, 0.25) is 0 Å². The van der Waals surface area contributed by atoms with E-state index in [1.54, 1.807) is 109 Å². The Morgan fingerprint density at radius 2 is 0.831 bits per heavy atom. The van der Waals surface area contributed by atoms with Gasteiger partial charge in [0.2, 0.25) is 23.6 Å². The third kappa shape index (κ3) is 15.3. The Morgan fingerprint density at radius 3 is 1.15 bits per heavy atom. The van der Waals surface area contributed by atoms with Gasteiger partial charge in [-0.2, -0.15) is 0 Å². The van der Waals surface area contributed by atoms with Crippen molar-refractivity contribution < 1.29 is 43.7 Å². The summed E-state index contributed by atoms with van der Waals surface area (Å²) in [4.78, 5) is 82.9. The molecule has 0 unspecified atom stereocenters. The van der Waals surface area contributed by atoms with Crippen LogP contribution in [0.25, 0.3) is 0 Å². The number of hydrogen-bond donors (Lipinski definition) is 8. The van der Waals surface area contributed by atoms with Crippen LogP contribution in [-0.2, 0) is 46.3 Å². The first-order valence-corrected chi connectivity index (χ1v) is 23.0. The molecule has 6 amide bonds. The normalized spacial score (nSPS) is 18.7. The van der Waals surface area contributed by atoms with Crippen molar-refractivity contribution in [3.05, 3.63) is 129 Å². The first-order valence-electron chi connectivity index (χ1n) is 21.4. The Balaban J connectivity index is 1.31. The number of benzene rings is 4. The second kappa shape index (κ2) is 24.2. The molecule has 4 aromatic carbocycles. The molecule has 0 spiro atoms. The number of rotatable bonds is 20. The van der Waals surface area contributed by atoms with Gasteiger partial charge in [0.25, 0.3) is 11.8 Å². The van der Waals surface area contributed by atoms with E-state index in [2.05, 4.69) is 63.8 Å². The molecular weight excluding hydrogens is 964 g/mol. The van der Waals surface area contributed by atoms with E-state index in [9.17, 15) is 39.0 Å². The summed E-state index contributed by atoms with van der Waals surface area (Å²) >= 11 is 6.74. The van der Waals surface area contributed by atoms with Crippen LogP contribution in [0.5, 0.6) is 0 Å². The van der Waals surface area contributed by atoms with Gasteiger partial charge >= 0.3 is 0 Å². The Kier molecular flexibility index (Phi) is 18.8. The number of carbonyl (C=O) groups excluding carboxylic acids is 6. The highest BCUT2D eigenvalue weighted by atomic mass is 79.9. The summed E-state index contributed by atoms with van der Waals surface area (Å²) in [6.45, 7) is 7.60. The van der Waals surface area contributed by atoms with Crippen LogP contribution in [-0.4, -0.2) is 94.2 Å². The standard InChI is InChI=1S/C48H56Br2N6O9/c1-27(2)23-35(43(59)51-33-19-15-31(49)16-20-33)53-45(61)37(25-29-11-7-5-8-12-29)55-47(63)41-39(57)40(58)42(65-41)48(64)56-38(26-30-13-9-6-10-14-30)46(62)54-36(24-28(3)4)44(60)52-34-21-17-32(50)18-22-34/h5-22,27-28,35-42,57-58H,23-26H2,1-4H3,(H,51,59)(H,52,60)(H,53,61)(H,54,62)(H,55,63)(H,56,64)/t35-,36-,37-,38-,39-,40-,41+,42+/m0/s1. The summed E-state index contributed by atoms with van der Waals surface area (Å²) in [6.07, 6.45) is -6.98. The minimum atomic E-state index is -1.92. The molecule has 1 saturated heterocycles. The number of halogens is 2. The van der Waals surface area contributed by atoms with Crippen molar-refractivity contribution in [2.45, 2.75) is 102 Å². The largest absolute Gasteiger partial charge is 0.387 e. The summed E-state index contributed by atoms with van der Waals surface area (Å²) in [5.74, 6) is -4.36. The van der Waals surface area contributed by atoms with E-state index in [4.69, 9.17) is 4.74 Å². The highest BCUT2D eigenvalue weighted by Crippen LogP contribution is 2.24. The third-order valence-corrected chi connectivity index (χ3v) is 11.6. The quantitative estimate of drug-likeness (QED) is 0.0609. The smallest absolute Gasteiger partial charge is 0.252 e. The van der Waals surface area contributed by atoms with Crippen molar-refractivity contribution in [3.63, 3.8) is 0 Å². The van der Waals surface area contributed by atoms with Gasteiger partial charge in [-0.1, -0.05) is 120 Å². The Hall–Kier alpha value is -5.46. The summed E-state index contributed by atoms with van der Waals surface area (Å²) < 4.78 is 7.38. The molecule has 8 atom stereocenters. The van der Waals surface area contributed by atoms with Crippen molar-refractivity contribution in [2.24, 2.45) is 11.8 Å². The van der Waals surface area contributed by atoms with Gasteiger partial charge in [-0.3, -0.25) is 28.8 Å². The monoisotopic (exact) mass is 1020 g/mol. The van der Waals surface area contributed by atoms with Crippen molar-refractivity contribution in [1.82, 2.24) is 21.3 Å². The molecule has 65 heavy (non-hydrogen) atoms. The fourth-order valence-corrected chi connectivity index (χ4v) is 7.74. The van der Waals surface area contributed by atoms with E-state index in [-0.39, 0.29) is 37.5 Å². The topological polar surface area (TPSA) is 224 Å². The molecular formula is C48H56Br2N6O9. The second-order valence-electron chi connectivity index (χ2n) is 16.8. The Labute approximate surface area is 395 Å². The molecule has 1 heterocycles. The zero-order valence-electron chi connectivity index (χ0n) is 36.5. The van der Waals surface area contributed by atoms with E-state index in [0.717, 1.165) is 8.95 Å². The van der Waals surface area contributed by atoms with Gasteiger partial charge in [-0.15, -0.1) is 0 Å². The highest BCUT2D eigenvalue weighted by molar-refractivity contribution is 9.10. The van der Waals surface area contributed by atoms with Gasteiger partial charge in [-0.25, -0.2) is 0 Å². The number of carbonyl (C=O) groups is 6. The number of aliphatic hydroxyl groups is 2. The lowest BCUT2D eigenvalue weighted by Crippen LogP contribution is -2.56. The van der Waals surface area contributed by atoms with E-state index in [1.807, 2.05) is 27.7 Å². The second-order valence-corrected chi connectivity index (χ2v) is 18.7. The van der Waals surface area contributed by atoms with Crippen LogP contribution >= 0.6 is 31.9 Å². The lowest BCUT2D eigenvalue weighted by molar-refractivity contribution is -0.145. The molecule has 0 aliphatic carbocycles. The summed E-state index contributed by atoms with van der Waals surface area (Å²) in [7, 11) is 0. The minimum Gasteiger partial charge on any atom is -0.387 e. The molecule has 1 aliphatic rings. The molecule has 0 bridgehead atoms. The van der Waals surface area contributed by atoms with Crippen LogP contribution < -0.4 is 31.9 Å². The summed E-state index contributed by atoms with van der Waals surface area (Å²) in [6, 6.07) is 27.0. The molecule has 1 fully saturated rings. The lowest BCUT2D eigenvalue weighted by atomic mass is 10.00. The van der Waals surface area contributed by atoms with Crippen LogP contribution in [0.15, 0.2) is 118 Å². The van der Waals surface area contributed by atoms with E-state index < -0.39 is 84.0 Å². The molecule has 0 saturated carbocycles. The fourth-order valence-electron chi connectivity index (χ4n) is 7.21. The third-order valence-electron chi connectivity index (χ3n) is 10.5. The maximum absolute atomic E-state index is 14.0. The first kappa shape index (κ1) is 50.5. The average Bonchev–Trinajstić information content (AvgIpc) is 3.57. The number of anilines is 2. The maximum atomic E-state index is 14.0. The SMILES string of the molecule is CC(C)C[C@H](NC(=O)[C@H](Cc1ccccc1)NC(=O)[C@@H]1O[C@@H](C(=O)N[C@@H](Cc2ccccc2)C(=O)N[C@@H](CC(C)C)C(=O)Nc2ccc(Br)cc2)[C@@H](O)[C@@H]1O)C(=O)Nc1ccc(Br)cc1. The molecule has 1 aliphatic heterocycles. The molecule has 346 valence electrons. The lowest BCUT2D eigenvalue weighted by Gasteiger charge is -2.26. The average molecular weight is 1020 g/mol. The predicted octanol–water partition coefficient (Wildman–Crippen LogP) is 4.79. The minimum absolute atomic E-state index is 0.00766. The van der Waals surface area contributed by atoms with Gasteiger partial charge in [0.05, 0.1) is 0 Å². The zero-order chi connectivity index (χ0) is 47.2. The molecule has 17 heteroatoms. The van der Waals surface area contributed by atoms with Gasteiger partial charge in [0.15, 0.2) is 12.2 Å². The van der Waals surface area contributed by atoms with E-state index >= 15 is 0 Å². The summed E-state index contributed by atoms with van der Waals surface area (Å²) in [5, 5.41) is 38.7. The molecule has 0 radical (unpaired) electrons. The highest BCUT2D eigenvalue weighted by Gasteiger charge is 2.50. The van der Waals surface area contributed by atoms with Crippen LogP contribution in [0, 0.1) is 11.8 Å². The van der Waals surface area contributed by atoms with Crippen LogP contribution in [0.4, 0.5) is 11.4 Å². The van der Waals surface area contributed by atoms with Crippen LogP contribution in [0.3, 0.4) is 0 Å². The van der Waals surface area contributed by atoms with E-state index in [1.165, 1.54) is 0 Å². The molecule has 15 nitrogen and oxygen atoms in total. The number of ether oxygens (including phenoxy) is 1. The number of nitrogens with one attached hydrogen (secondary N) is 6. The Morgan fingerprint density at radius 1 is 0.492 bits per heavy atom.